The number of nitrogens with one attached hydrogen (secondary N) is 1. The van der Waals surface area contributed by atoms with Crippen molar-refractivity contribution in [2.45, 2.75) is 57.5 Å². The quantitative estimate of drug-likeness (QED) is 0.850. The lowest BCUT2D eigenvalue weighted by Gasteiger charge is -2.32. The molecule has 1 saturated carbocycles. The van der Waals surface area contributed by atoms with Gasteiger partial charge in [-0.05, 0) is 33.7 Å². The van der Waals surface area contributed by atoms with Gasteiger partial charge in [0.05, 0.1) is 6.54 Å². The summed E-state index contributed by atoms with van der Waals surface area (Å²) in [6.45, 7) is 6.43. The van der Waals surface area contributed by atoms with Crippen molar-refractivity contribution in [3.8, 4) is 0 Å². The average molecular weight is 269 g/mol. The fourth-order valence-electron chi connectivity index (χ4n) is 2.66. The van der Waals surface area contributed by atoms with E-state index in [0.29, 0.717) is 11.6 Å². The van der Waals surface area contributed by atoms with Crippen LogP contribution < -0.4 is 5.32 Å². The van der Waals surface area contributed by atoms with E-state index in [1.54, 1.807) is 0 Å². The second kappa shape index (κ2) is 6.29. The van der Waals surface area contributed by atoms with E-state index in [4.69, 9.17) is 4.99 Å². The highest BCUT2D eigenvalue weighted by Crippen LogP contribution is 2.35. The van der Waals surface area contributed by atoms with Crippen molar-refractivity contribution in [3.63, 3.8) is 0 Å². The normalized spacial score (nSPS) is 25.3. The molecule has 1 aliphatic heterocycles. The number of aliphatic imine (C=N–C) groups is 1. The molecule has 0 bridgehead atoms. The predicted molar refractivity (Wildman–Crippen MR) is 81.5 cm³/mol. The van der Waals surface area contributed by atoms with E-state index >= 15 is 0 Å². The van der Waals surface area contributed by atoms with Crippen LogP contribution in [0.2, 0.25) is 0 Å². The van der Waals surface area contributed by atoms with Crippen LogP contribution in [-0.4, -0.2) is 47.5 Å². The summed E-state index contributed by atoms with van der Waals surface area (Å²) in [6, 6.07) is 0.610. The number of hydrogen-bond donors (Lipinski definition) is 1. The van der Waals surface area contributed by atoms with Crippen LogP contribution in [0, 0.1) is 0 Å². The molecule has 1 saturated heterocycles. The fraction of sp³-hybridized carbons (Fsp3) is 0.929. The van der Waals surface area contributed by atoms with Gasteiger partial charge >= 0.3 is 0 Å². The molecule has 2 fully saturated rings. The van der Waals surface area contributed by atoms with E-state index in [1.165, 1.54) is 43.0 Å². The van der Waals surface area contributed by atoms with E-state index in [-0.39, 0.29) is 0 Å². The lowest BCUT2D eigenvalue weighted by molar-refractivity contribution is 0.281. The summed E-state index contributed by atoms with van der Waals surface area (Å²) in [5, 5.41) is 4.89. The van der Waals surface area contributed by atoms with Crippen molar-refractivity contribution < 1.29 is 0 Å². The minimum Gasteiger partial charge on any atom is -0.359 e. The summed E-state index contributed by atoms with van der Waals surface area (Å²) >= 11 is 1.93. The minimum absolute atomic E-state index is 0.395. The summed E-state index contributed by atoms with van der Waals surface area (Å²) in [5.74, 6) is 1.23. The highest BCUT2D eigenvalue weighted by atomic mass is 32.2. The Kier molecular flexibility index (Phi) is 4.96. The topological polar surface area (TPSA) is 27.6 Å². The minimum atomic E-state index is 0.395. The number of likely N-dealkylation sites (N-methyl/N-ethyl adjacent to an activating group) is 1. The van der Waals surface area contributed by atoms with Gasteiger partial charge in [0, 0.05) is 23.9 Å². The first-order valence-electron chi connectivity index (χ1n) is 7.27. The summed E-state index contributed by atoms with van der Waals surface area (Å²) in [6.07, 6.45) is 6.86. The third-order valence-corrected chi connectivity index (χ3v) is 5.46. The van der Waals surface area contributed by atoms with Crippen LogP contribution in [0.15, 0.2) is 4.99 Å². The Morgan fingerprint density at radius 3 is 2.72 bits per heavy atom. The first-order valence-corrected chi connectivity index (χ1v) is 8.26. The third kappa shape index (κ3) is 3.64. The van der Waals surface area contributed by atoms with Crippen LogP contribution in [0.25, 0.3) is 0 Å². The van der Waals surface area contributed by atoms with Gasteiger partial charge in [-0.1, -0.05) is 31.0 Å². The molecule has 1 heterocycles. The van der Waals surface area contributed by atoms with Crippen LogP contribution in [0.3, 0.4) is 0 Å². The highest BCUT2D eigenvalue weighted by Gasteiger charge is 2.37. The molecule has 0 radical (unpaired) electrons. The molecule has 0 atom stereocenters. The van der Waals surface area contributed by atoms with Crippen molar-refractivity contribution in [2.24, 2.45) is 4.99 Å². The first-order chi connectivity index (χ1) is 8.61. The first kappa shape index (κ1) is 14.2. The van der Waals surface area contributed by atoms with Crippen LogP contribution in [0.5, 0.6) is 0 Å². The number of rotatable bonds is 4. The lowest BCUT2D eigenvalue weighted by Crippen LogP contribution is -2.45. The van der Waals surface area contributed by atoms with E-state index in [1.807, 2.05) is 11.8 Å². The van der Waals surface area contributed by atoms with Crippen molar-refractivity contribution in [1.82, 2.24) is 10.2 Å². The SMILES string of the molecule is CC(C)N(C)CCN=C1NC2(CCCCC2)CS1. The van der Waals surface area contributed by atoms with Crippen LogP contribution >= 0.6 is 11.8 Å². The summed E-state index contributed by atoms with van der Waals surface area (Å²) in [7, 11) is 2.17. The highest BCUT2D eigenvalue weighted by molar-refractivity contribution is 8.14. The number of thioether (sulfide) groups is 1. The average Bonchev–Trinajstić information content (AvgIpc) is 2.73. The molecule has 0 unspecified atom stereocenters. The van der Waals surface area contributed by atoms with Crippen molar-refractivity contribution in [1.29, 1.82) is 0 Å². The molecular formula is C14H27N3S. The summed E-state index contributed by atoms with van der Waals surface area (Å²) < 4.78 is 0. The molecule has 1 N–H and O–H groups in total. The van der Waals surface area contributed by atoms with Gasteiger partial charge in [0.1, 0.15) is 0 Å². The molecule has 1 spiro atoms. The van der Waals surface area contributed by atoms with Crippen molar-refractivity contribution in [2.75, 3.05) is 25.9 Å². The van der Waals surface area contributed by atoms with Gasteiger partial charge in [-0.15, -0.1) is 0 Å². The molecule has 1 aliphatic carbocycles. The van der Waals surface area contributed by atoms with Gasteiger partial charge in [0.2, 0.25) is 0 Å². The van der Waals surface area contributed by atoms with E-state index in [9.17, 15) is 0 Å². The molecular weight excluding hydrogens is 242 g/mol. The van der Waals surface area contributed by atoms with Crippen LogP contribution in [0.4, 0.5) is 0 Å². The van der Waals surface area contributed by atoms with Gasteiger partial charge in [0.15, 0.2) is 5.17 Å². The van der Waals surface area contributed by atoms with E-state index in [2.05, 4.69) is 31.1 Å². The van der Waals surface area contributed by atoms with Gasteiger partial charge in [-0.2, -0.15) is 0 Å². The second-order valence-electron chi connectivity index (χ2n) is 6.02. The van der Waals surface area contributed by atoms with Crippen molar-refractivity contribution >= 4 is 16.9 Å². The smallest absolute Gasteiger partial charge is 0.157 e. The van der Waals surface area contributed by atoms with Gasteiger partial charge in [0.25, 0.3) is 0 Å². The van der Waals surface area contributed by atoms with Gasteiger partial charge < -0.3 is 10.2 Å². The molecule has 0 aromatic heterocycles. The zero-order valence-electron chi connectivity index (χ0n) is 12.0. The Hall–Kier alpha value is -0.220. The third-order valence-electron chi connectivity index (χ3n) is 4.26. The second-order valence-corrected chi connectivity index (χ2v) is 6.98. The lowest BCUT2D eigenvalue weighted by atomic mass is 9.83. The Morgan fingerprint density at radius 2 is 2.06 bits per heavy atom. The number of amidine groups is 1. The zero-order valence-corrected chi connectivity index (χ0v) is 12.9. The molecule has 0 aromatic carbocycles. The molecule has 2 rings (SSSR count). The summed E-state index contributed by atoms with van der Waals surface area (Å²) in [5.41, 5.74) is 0.395. The Balaban J connectivity index is 1.77. The maximum absolute atomic E-state index is 4.72. The maximum atomic E-state index is 4.72. The standard InChI is InChI=1S/C14H27N3S/c1-12(2)17(3)10-9-15-13-16-14(11-18-13)7-5-4-6-8-14/h12H,4-11H2,1-3H3,(H,15,16). The van der Waals surface area contributed by atoms with Gasteiger partial charge in [-0.3, -0.25) is 4.99 Å². The Bertz CT molecular complexity index is 295. The monoisotopic (exact) mass is 269 g/mol. The summed E-state index contributed by atoms with van der Waals surface area (Å²) in [4.78, 5) is 7.07. The molecule has 18 heavy (non-hydrogen) atoms. The van der Waals surface area contributed by atoms with Crippen LogP contribution in [0.1, 0.15) is 46.0 Å². The Labute approximate surface area is 116 Å². The van der Waals surface area contributed by atoms with Gasteiger partial charge in [-0.25, -0.2) is 0 Å². The molecule has 0 aromatic rings. The molecule has 0 amide bonds. The van der Waals surface area contributed by atoms with E-state index < -0.39 is 0 Å². The molecule has 104 valence electrons. The fourth-order valence-corrected chi connectivity index (χ4v) is 3.90. The van der Waals surface area contributed by atoms with Crippen LogP contribution in [-0.2, 0) is 0 Å². The zero-order chi connectivity index (χ0) is 13.0. The molecule has 2 aliphatic rings. The largest absolute Gasteiger partial charge is 0.359 e. The van der Waals surface area contributed by atoms with E-state index in [0.717, 1.165) is 13.1 Å². The maximum Gasteiger partial charge on any atom is 0.157 e. The number of nitrogens with zero attached hydrogens (tertiary/aromatic N) is 2. The predicted octanol–water partition coefficient (Wildman–Crippen LogP) is 2.72. The molecule has 4 heteroatoms. The molecule has 3 nitrogen and oxygen atoms in total. The Morgan fingerprint density at radius 1 is 1.33 bits per heavy atom. The number of hydrogen-bond acceptors (Lipinski definition) is 3. The van der Waals surface area contributed by atoms with Crippen molar-refractivity contribution in [3.05, 3.63) is 0 Å².